The van der Waals surface area contributed by atoms with Crippen molar-refractivity contribution in [2.24, 2.45) is 4.99 Å². The van der Waals surface area contributed by atoms with Gasteiger partial charge in [-0.15, -0.1) is 0 Å². The Bertz CT molecular complexity index is 427. The van der Waals surface area contributed by atoms with Crippen LogP contribution in [0, 0.1) is 0 Å². The third-order valence-electron chi connectivity index (χ3n) is 4.04. The lowest BCUT2D eigenvalue weighted by molar-refractivity contribution is 0.117. The van der Waals surface area contributed by atoms with Gasteiger partial charge in [0.15, 0.2) is 5.96 Å². The van der Waals surface area contributed by atoms with E-state index in [0.29, 0.717) is 12.6 Å². The first-order valence-corrected chi connectivity index (χ1v) is 8.47. The minimum atomic E-state index is 0.611. The second-order valence-corrected chi connectivity index (χ2v) is 5.87. The van der Waals surface area contributed by atoms with Crippen molar-refractivity contribution in [2.45, 2.75) is 51.2 Å². The van der Waals surface area contributed by atoms with Crippen LogP contribution in [0.15, 0.2) is 35.3 Å². The number of hydrogen-bond donors (Lipinski definition) is 2. The number of aliphatic imine (C=N–C) groups is 1. The molecule has 1 aliphatic carbocycles. The fraction of sp³-hybridized carbons (Fsp3) is 0.611. The summed E-state index contributed by atoms with van der Waals surface area (Å²) >= 11 is 0. The summed E-state index contributed by atoms with van der Waals surface area (Å²) in [6.45, 7) is 2.46. The van der Waals surface area contributed by atoms with Gasteiger partial charge < -0.3 is 15.4 Å². The minimum absolute atomic E-state index is 0.611. The van der Waals surface area contributed by atoms with Crippen molar-refractivity contribution in [2.75, 3.05) is 20.2 Å². The van der Waals surface area contributed by atoms with Gasteiger partial charge in [0.2, 0.25) is 0 Å². The molecular formula is C18H29N3O. The third kappa shape index (κ3) is 6.48. The Balaban J connectivity index is 1.47. The van der Waals surface area contributed by atoms with Gasteiger partial charge in [0, 0.05) is 26.2 Å². The molecule has 0 aromatic heterocycles. The van der Waals surface area contributed by atoms with Gasteiger partial charge in [-0.1, -0.05) is 43.2 Å². The van der Waals surface area contributed by atoms with Crippen LogP contribution in [0.5, 0.6) is 0 Å². The Labute approximate surface area is 134 Å². The number of benzene rings is 1. The fourth-order valence-electron chi connectivity index (χ4n) is 2.76. The first kappa shape index (κ1) is 16.8. The molecule has 0 amide bonds. The number of hydrogen-bond acceptors (Lipinski definition) is 2. The lowest BCUT2D eigenvalue weighted by atomic mass is 10.2. The summed E-state index contributed by atoms with van der Waals surface area (Å²) in [5, 5.41) is 6.89. The van der Waals surface area contributed by atoms with Gasteiger partial charge >= 0.3 is 0 Å². The van der Waals surface area contributed by atoms with Crippen LogP contribution in [0.2, 0.25) is 0 Å². The summed E-state index contributed by atoms with van der Waals surface area (Å²) < 4.78 is 5.69. The van der Waals surface area contributed by atoms with Crippen molar-refractivity contribution in [3.63, 3.8) is 0 Å². The maximum Gasteiger partial charge on any atom is 0.191 e. The second-order valence-electron chi connectivity index (χ2n) is 5.87. The molecule has 4 nitrogen and oxygen atoms in total. The van der Waals surface area contributed by atoms with Gasteiger partial charge in [-0.3, -0.25) is 4.99 Å². The molecule has 0 heterocycles. The number of ether oxygens (including phenoxy) is 1. The van der Waals surface area contributed by atoms with Gasteiger partial charge in [0.25, 0.3) is 0 Å². The fourth-order valence-corrected chi connectivity index (χ4v) is 2.76. The number of unbranched alkanes of at least 4 members (excludes halogenated alkanes) is 1. The average molecular weight is 303 g/mol. The van der Waals surface area contributed by atoms with E-state index < -0.39 is 0 Å². The number of nitrogens with zero attached hydrogens (tertiary/aromatic N) is 1. The molecule has 0 atom stereocenters. The summed E-state index contributed by atoms with van der Waals surface area (Å²) in [4.78, 5) is 4.29. The van der Waals surface area contributed by atoms with Crippen LogP contribution < -0.4 is 10.6 Å². The topological polar surface area (TPSA) is 45.7 Å². The second kappa shape index (κ2) is 10.2. The summed E-state index contributed by atoms with van der Waals surface area (Å²) in [6, 6.07) is 10.9. The molecule has 1 aromatic carbocycles. The van der Waals surface area contributed by atoms with E-state index in [0.717, 1.165) is 32.0 Å². The zero-order valence-electron chi connectivity index (χ0n) is 13.7. The molecule has 1 saturated carbocycles. The van der Waals surface area contributed by atoms with E-state index in [1.165, 1.54) is 31.2 Å². The minimum Gasteiger partial charge on any atom is -0.377 e. The van der Waals surface area contributed by atoms with Crippen LogP contribution in [-0.2, 0) is 11.3 Å². The quantitative estimate of drug-likeness (QED) is 0.441. The molecule has 1 aliphatic rings. The highest BCUT2D eigenvalue weighted by Gasteiger charge is 2.15. The Morgan fingerprint density at radius 3 is 2.68 bits per heavy atom. The van der Waals surface area contributed by atoms with Gasteiger partial charge in [-0.2, -0.15) is 0 Å². The third-order valence-corrected chi connectivity index (χ3v) is 4.04. The highest BCUT2D eigenvalue weighted by atomic mass is 16.5. The van der Waals surface area contributed by atoms with Crippen LogP contribution >= 0.6 is 0 Å². The van der Waals surface area contributed by atoms with Crippen LogP contribution in [0.3, 0.4) is 0 Å². The Kier molecular flexibility index (Phi) is 7.81. The van der Waals surface area contributed by atoms with E-state index in [1.807, 2.05) is 25.2 Å². The van der Waals surface area contributed by atoms with Gasteiger partial charge in [0.1, 0.15) is 0 Å². The largest absolute Gasteiger partial charge is 0.377 e. The lowest BCUT2D eigenvalue weighted by Gasteiger charge is -2.16. The molecule has 2 N–H and O–H groups in total. The number of rotatable bonds is 8. The molecule has 0 aliphatic heterocycles. The highest BCUT2D eigenvalue weighted by Crippen LogP contribution is 2.17. The molecule has 0 spiro atoms. The van der Waals surface area contributed by atoms with E-state index in [9.17, 15) is 0 Å². The molecule has 0 unspecified atom stereocenters. The zero-order chi connectivity index (χ0) is 15.5. The van der Waals surface area contributed by atoms with Crippen molar-refractivity contribution >= 4 is 5.96 Å². The maximum absolute atomic E-state index is 5.69. The van der Waals surface area contributed by atoms with Crippen molar-refractivity contribution in [3.05, 3.63) is 35.9 Å². The molecule has 2 rings (SSSR count). The van der Waals surface area contributed by atoms with Gasteiger partial charge in [-0.25, -0.2) is 0 Å². The molecule has 0 bridgehead atoms. The predicted molar refractivity (Wildman–Crippen MR) is 92.1 cm³/mol. The van der Waals surface area contributed by atoms with Crippen molar-refractivity contribution < 1.29 is 4.74 Å². The standard InChI is InChI=1S/C18H29N3O/c1-19-18(21-17-11-5-6-12-17)20-13-7-8-14-22-15-16-9-3-2-4-10-16/h2-4,9-10,17H,5-8,11-15H2,1H3,(H2,19,20,21). The predicted octanol–water partition coefficient (Wildman–Crippen LogP) is 3.09. The summed E-state index contributed by atoms with van der Waals surface area (Å²) in [7, 11) is 1.84. The average Bonchev–Trinajstić information content (AvgIpc) is 3.07. The molecule has 4 heteroatoms. The van der Waals surface area contributed by atoms with E-state index in [4.69, 9.17) is 4.74 Å². The van der Waals surface area contributed by atoms with Gasteiger partial charge in [-0.05, 0) is 31.2 Å². The summed E-state index contributed by atoms with van der Waals surface area (Å²) in [6.07, 6.45) is 7.39. The van der Waals surface area contributed by atoms with Crippen LogP contribution in [-0.4, -0.2) is 32.2 Å². The molecule has 1 aromatic rings. The van der Waals surface area contributed by atoms with Crippen LogP contribution in [0.4, 0.5) is 0 Å². The first-order chi connectivity index (χ1) is 10.9. The molecule has 1 fully saturated rings. The highest BCUT2D eigenvalue weighted by molar-refractivity contribution is 5.79. The maximum atomic E-state index is 5.69. The van der Waals surface area contributed by atoms with Gasteiger partial charge in [0.05, 0.1) is 6.61 Å². The molecule has 122 valence electrons. The lowest BCUT2D eigenvalue weighted by Crippen LogP contribution is -2.42. The Morgan fingerprint density at radius 1 is 1.18 bits per heavy atom. The Hall–Kier alpha value is -1.55. The molecular weight excluding hydrogens is 274 g/mol. The normalized spacial score (nSPS) is 16.0. The number of nitrogens with one attached hydrogen (secondary N) is 2. The van der Waals surface area contributed by atoms with Crippen LogP contribution in [0.25, 0.3) is 0 Å². The summed E-state index contributed by atoms with van der Waals surface area (Å²) in [5.41, 5.74) is 1.24. The molecule has 0 radical (unpaired) electrons. The van der Waals surface area contributed by atoms with Crippen LogP contribution in [0.1, 0.15) is 44.1 Å². The van der Waals surface area contributed by atoms with E-state index in [1.54, 1.807) is 0 Å². The van der Waals surface area contributed by atoms with Crippen molar-refractivity contribution in [1.29, 1.82) is 0 Å². The van der Waals surface area contributed by atoms with Crippen molar-refractivity contribution in [3.8, 4) is 0 Å². The monoisotopic (exact) mass is 303 g/mol. The van der Waals surface area contributed by atoms with E-state index in [-0.39, 0.29) is 0 Å². The zero-order valence-corrected chi connectivity index (χ0v) is 13.7. The van der Waals surface area contributed by atoms with E-state index >= 15 is 0 Å². The number of guanidine groups is 1. The van der Waals surface area contributed by atoms with E-state index in [2.05, 4.69) is 27.8 Å². The smallest absolute Gasteiger partial charge is 0.191 e. The molecule has 0 saturated heterocycles. The first-order valence-electron chi connectivity index (χ1n) is 8.47. The SMILES string of the molecule is CN=C(NCCCCOCc1ccccc1)NC1CCCC1. The molecule has 22 heavy (non-hydrogen) atoms. The van der Waals surface area contributed by atoms with Crippen molar-refractivity contribution in [1.82, 2.24) is 10.6 Å². The Morgan fingerprint density at radius 2 is 1.95 bits per heavy atom. The summed E-state index contributed by atoms with van der Waals surface area (Å²) in [5.74, 6) is 0.942.